The van der Waals surface area contributed by atoms with Crippen LogP contribution < -0.4 is 10.1 Å². The topological polar surface area (TPSA) is 64.1 Å². The van der Waals surface area contributed by atoms with Crippen LogP contribution in [0.15, 0.2) is 60.9 Å². The number of hydrogen-bond donors (Lipinski definition) is 1. The maximum Gasteiger partial charge on any atom is 0.417 e. The summed E-state index contributed by atoms with van der Waals surface area (Å²) in [5.74, 6) is -4.08. The van der Waals surface area contributed by atoms with Gasteiger partial charge in [0.2, 0.25) is 5.82 Å². The van der Waals surface area contributed by atoms with Crippen molar-refractivity contribution in [2.75, 3.05) is 5.32 Å². The molecule has 0 saturated heterocycles. The number of aromatic nitrogens is 2. The Morgan fingerprint density at radius 1 is 0.939 bits per heavy atom. The van der Waals surface area contributed by atoms with E-state index in [4.69, 9.17) is 16.3 Å². The third-order valence-electron chi connectivity index (χ3n) is 4.46. The van der Waals surface area contributed by atoms with Crippen LogP contribution in [0.25, 0.3) is 11.0 Å². The zero-order valence-corrected chi connectivity index (χ0v) is 17.0. The third-order valence-corrected chi connectivity index (χ3v) is 4.78. The fraction of sp³-hybridized carbons (Fsp3) is 0.0455. The number of hydrogen-bond acceptors (Lipinski definition) is 4. The molecule has 1 aromatic heterocycles. The molecule has 0 spiro atoms. The Labute approximate surface area is 187 Å². The van der Waals surface area contributed by atoms with Crippen molar-refractivity contribution in [3.05, 3.63) is 88.7 Å². The van der Waals surface area contributed by atoms with Gasteiger partial charge in [-0.3, -0.25) is 14.8 Å². The van der Waals surface area contributed by atoms with Crippen molar-refractivity contribution >= 4 is 34.2 Å². The van der Waals surface area contributed by atoms with Gasteiger partial charge >= 0.3 is 6.18 Å². The first-order chi connectivity index (χ1) is 15.6. The molecule has 0 unspecified atom stereocenters. The molecule has 168 valence electrons. The summed E-state index contributed by atoms with van der Waals surface area (Å²) in [6, 6.07) is 8.71. The van der Waals surface area contributed by atoms with Crippen LogP contribution in [0.3, 0.4) is 0 Å². The standard InChI is InChI=1S/C22H11ClF5N3O2/c23-15-3-1-11(7-14(15)22(26,27)28)21(32)31-12-8-16(24)20(25)19(9-12)33-13-2-4-17-18(10-13)30-6-5-29-17/h1-10H,(H,31,32). The molecule has 33 heavy (non-hydrogen) atoms. The lowest BCUT2D eigenvalue weighted by atomic mass is 10.1. The predicted molar refractivity (Wildman–Crippen MR) is 110 cm³/mol. The number of ether oxygens (including phenoxy) is 1. The first-order valence-corrected chi connectivity index (χ1v) is 9.55. The number of halogens is 6. The monoisotopic (exact) mass is 479 g/mol. The molecule has 0 aliphatic rings. The van der Waals surface area contributed by atoms with Gasteiger partial charge in [-0.15, -0.1) is 0 Å². The lowest BCUT2D eigenvalue weighted by Crippen LogP contribution is -2.14. The molecule has 0 aliphatic heterocycles. The van der Waals surface area contributed by atoms with E-state index in [1.54, 1.807) is 6.07 Å². The average molecular weight is 480 g/mol. The number of carbonyl (C=O) groups is 1. The molecule has 0 fully saturated rings. The minimum absolute atomic E-state index is 0.122. The van der Waals surface area contributed by atoms with Crippen molar-refractivity contribution in [2.24, 2.45) is 0 Å². The van der Waals surface area contributed by atoms with E-state index in [-0.39, 0.29) is 17.0 Å². The van der Waals surface area contributed by atoms with E-state index >= 15 is 0 Å². The number of alkyl halides is 3. The van der Waals surface area contributed by atoms with Gasteiger partial charge in [-0.2, -0.15) is 17.6 Å². The predicted octanol–water partition coefficient (Wildman–Crippen LogP) is 6.62. The van der Waals surface area contributed by atoms with Crippen LogP contribution in [0.4, 0.5) is 27.6 Å². The van der Waals surface area contributed by atoms with Crippen molar-refractivity contribution in [1.82, 2.24) is 9.97 Å². The van der Waals surface area contributed by atoms with Gasteiger partial charge in [0.15, 0.2) is 11.6 Å². The highest BCUT2D eigenvalue weighted by atomic mass is 35.5. The van der Waals surface area contributed by atoms with Crippen LogP contribution in [-0.4, -0.2) is 15.9 Å². The summed E-state index contributed by atoms with van der Waals surface area (Å²) >= 11 is 5.55. The molecule has 1 amide bonds. The molecule has 0 aliphatic carbocycles. The molecule has 3 aromatic carbocycles. The van der Waals surface area contributed by atoms with Gasteiger partial charge in [0, 0.05) is 41.8 Å². The van der Waals surface area contributed by atoms with Gasteiger partial charge in [0.1, 0.15) is 5.75 Å². The molecular weight excluding hydrogens is 469 g/mol. The molecule has 0 saturated carbocycles. The number of anilines is 1. The number of benzene rings is 3. The number of carbonyl (C=O) groups excluding carboxylic acids is 1. The highest BCUT2D eigenvalue weighted by Crippen LogP contribution is 2.35. The Kier molecular flexibility index (Phi) is 5.86. The second-order valence-corrected chi connectivity index (χ2v) is 7.13. The number of nitrogens with zero attached hydrogens (tertiary/aromatic N) is 2. The summed E-state index contributed by atoms with van der Waals surface area (Å²) in [6.07, 6.45) is -1.84. The fourth-order valence-electron chi connectivity index (χ4n) is 2.93. The second-order valence-electron chi connectivity index (χ2n) is 6.73. The molecule has 11 heteroatoms. The zero-order chi connectivity index (χ0) is 23.8. The van der Waals surface area contributed by atoms with Gasteiger partial charge in [0.05, 0.1) is 21.6 Å². The SMILES string of the molecule is O=C(Nc1cc(F)c(F)c(Oc2ccc3nccnc3c2)c1)c1ccc(Cl)c(C(F)(F)F)c1. The summed E-state index contributed by atoms with van der Waals surface area (Å²) in [4.78, 5) is 20.6. The van der Waals surface area contributed by atoms with E-state index in [1.807, 2.05) is 0 Å². The van der Waals surface area contributed by atoms with E-state index in [2.05, 4.69) is 15.3 Å². The van der Waals surface area contributed by atoms with Crippen LogP contribution in [0, 0.1) is 11.6 Å². The van der Waals surface area contributed by atoms with Gasteiger partial charge in [-0.05, 0) is 30.3 Å². The van der Waals surface area contributed by atoms with Crippen molar-refractivity contribution in [3.8, 4) is 11.5 Å². The van der Waals surface area contributed by atoms with Crippen LogP contribution in [0.5, 0.6) is 11.5 Å². The molecule has 1 N–H and O–H groups in total. The summed E-state index contributed by atoms with van der Waals surface area (Å²) < 4.78 is 72.9. The quantitative estimate of drug-likeness (QED) is 0.334. The van der Waals surface area contributed by atoms with E-state index in [9.17, 15) is 26.7 Å². The molecular formula is C22H11ClF5N3O2. The number of rotatable bonds is 4. The van der Waals surface area contributed by atoms with E-state index < -0.39 is 40.1 Å². The minimum atomic E-state index is -4.78. The lowest BCUT2D eigenvalue weighted by molar-refractivity contribution is -0.137. The van der Waals surface area contributed by atoms with Gasteiger partial charge < -0.3 is 10.1 Å². The Hall–Kier alpha value is -3.79. The summed E-state index contributed by atoms with van der Waals surface area (Å²) in [5.41, 5.74) is -0.821. The Morgan fingerprint density at radius 3 is 2.39 bits per heavy atom. The second kappa shape index (κ2) is 8.62. The van der Waals surface area contributed by atoms with Gasteiger partial charge in [-0.25, -0.2) is 4.39 Å². The van der Waals surface area contributed by atoms with Crippen molar-refractivity contribution in [2.45, 2.75) is 6.18 Å². The molecule has 5 nitrogen and oxygen atoms in total. The largest absolute Gasteiger partial charge is 0.454 e. The van der Waals surface area contributed by atoms with Gasteiger partial charge in [0.25, 0.3) is 5.91 Å². The number of nitrogens with one attached hydrogen (secondary N) is 1. The molecule has 0 bridgehead atoms. The summed E-state index contributed by atoms with van der Waals surface area (Å²) in [5, 5.41) is 1.64. The van der Waals surface area contributed by atoms with Crippen molar-refractivity contribution < 1.29 is 31.5 Å². The fourth-order valence-corrected chi connectivity index (χ4v) is 3.16. The molecule has 4 aromatic rings. The van der Waals surface area contributed by atoms with E-state index in [1.165, 1.54) is 24.5 Å². The Balaban J connectivity index is 1.61. The van der Waals surface area contributed by atoms with Crippen molar-refractivity contribution in [3.63, 3.8) is 0 Å². The highest BCUT2D eigenvalue weighted by molar-refractivity contribution is 6.31. The average Bonchev–Trinajstić information content (AvgIpc) is 2.76. The van der Waals surface area contributed by atoms with Crippen LogP contribution in [0.2, 0.25) is 5.02 Å². The van der Waals surface area contributed by atoms with Crippen LogP contribution >= 0.6 is 11.6 Å². The first-order valence-electron chi connectivity index (χ1n) is 9.17. The Morgan fingerprint density at radius 2 is 1.67 bits per heavy atom. The lowest BCUT2D eigenvalue weighted by Gasteiger charge is -2.13. The van der Waals surface area contributed by atoms with E-state index in [0.717, 1.165) is 18.2 Å². The normalized spacial score (nSPS) is 11.5. The highest BCUT2D eigenvalue weighted by Gasteiger charge is 2.33. The number of fused-ring (bicyclic) bond motifs is 1. The summed E-state index contributed by atoms with van der Waals surface area (Å²) in [7, 11) is 0. The Bertz CT molecular complexity index is 1380. The smallest absolute Gasteiger partial charge is 0.417 e. The zero-order valence-electron chi connectivity index (χ0n) is 16.3. The molecule has 4 rings (SSSR count). The molecule has 0 atom stereocenters. The third kappa shape index (κ3) is 4.85. The first kappa shape index (κ1) is 22.4. The maximum absolute atomic E-state index is 14.3. The molecule has 1 heterocycles. The maximum atomic E-state index is 14.3. The summed E-state index contributed by atoms with van der Waals surface area (Å²) in [6.45, 7) is 0. The van der Waals surface area contributed by atoms with Gasteiger partial charge in [-0.1, -0.05) is 11.6 Å². The van der Waals surface area contributed by atoms with E-state index in [0.29, 0.717) is 23.2 Å². The van der Waals surface area contributed by atoms with Crippen LogP contribution in [-0.2, 0) is 6.18 Å². The minimum Gasteiger partial charge on any atom is -0.454 e. The number of amides is 1. The van der Waals surface area contributed by atoms with Crippen LogP contribution in [0.1, 0.15) is 15.9 Å². The van der Waals surface area contributed by atoms with Crippen molar-refractivity contribution in [1.29, 1.82) is 0 Å². The molecule has 0 radical (unpaired) electrons.